The third-order valence-corrected chi connectivity index (χ3v) is 4.00. The van der Waals surface area contributed by atoms with Crippen molar-refractivity contribution in [2.45, 2.75) is 19.9 Å². The molecule has 0 N–H and O–H groups in total. The zero-order valence-electron chi connectivity index (χ0n) is 12.2. The molecule has 0 atom stereocenters. The number of carbonyl (C=O) groups is 2. The van der Waals surface area contributed by atoms with Gasteiger partial charge in [-0.2, -0.15) is 5.10 Å². The summed E-state index contributed by atoms with van der Waals surface area (Å²) in [5.41, 5.74) is 0.0709. The van der Waals surface area contributed by atoms with Gasteiger partial charge in [0.05, 0.1) is 13.2 Å². The SMILES string of the molecule is CCOC(=O)c1nn(Cc2c(F)cccc2F)c(Br)c1CC=O. The predicted molar refractivity (Wildman–Crippen MR) is 81.1 cm³/mol. The summed E-state index contributed by atoms with van der Waals surface area (Å²) in [7, 11) is 0. The molecule has 2 aromatic rings. The molecule has 0 saturated heterocycles. The zero-order chi connectivity index (χ0) is 17.0. The van der Waals surface area contributed by atoms with E-state index < -0.39 is 17.6 Å². The molecule has 2 rings (SSSR count). The lowest BCUT2D eigenvalue weighted by atomic mass is 10.2. The molecule has 1 aromatic carbocycles. The van der Waals surface area contributed by atoms with Crippen molar-refractivity contribution in [3.05, 3.63) is 51.3 Å². The Labute approximate surface area is 139 Å². The molecule has 0 fully saturated rings. The molecule has 0 saturated carbocycles. The lowest BCUT2D eigenvalue weighted by molar-refractivity contribution is -0.107. The molecule has 0 spiro atoms. The number of esters is 1. The second-order valence-electron chi connectivity index (χ2n) is 4.57. The molecule has 1 heterocycles. The third kappa shape index (κ3) is 3.64. The van der Waals surface area contributed by atoms with Gasteiger partial charge in [0.2, 0.25) is 0 Å². The van der Waals surface area contributed by atoms with Crippen LogP contribution in [-0.4, -0.2) is 28.6 Å². The van der Waals surface area contributed by atoms with E-state index in [9.17, 15) is 18.4 Å². The van der Waals surface area contributed by atoms with E-state index in [0.717, 1.165) is 12.1 Å². The summed E-state index contributed by atoms with van der Waals surface area (Å²) in [4.78, 5) is 22.7. The minimum Gasteiger partial charge on any atom is -0.461 e. The van der Waals surface area contributed by atoms with Gasteiger partial charge in [-0.15, -0.1) is 0 Å². The molecule has 0 aliphatic rings. The second kappa shape index (κ2) is 7.45. The van der Waals surface area contributed by atoms with E-state index in [1.54, 1.807) is 6.92 Å². The van der Waals surface area contributed by atoms with Crippen LogP contribution in [0.15, 0.2) is 22.8 Å². The molecule has 0 unspecified atom stereocenters. The lowest BCUT2D eigenvalue weighted by Crippen LogP contribution is -2.10. The minimum absolute atomic E-state index is 0.0532. The monoisotopic (exact) mass is 386 g/mol. The van der Waals surface area contributed by atoms with Crippen molar-refractivity contribution in [2.24, 2.45) is 0 Å². The Hall–Kier alpha value is -2.09. The molecule has 0 aliphatic carbocycles. The van der Waals surface area contributed by atoms with Crippen LogP contribution >= 0.6 is 15.9 Å². The summed E-state index contributed by atoms with van der Waals surface area (Å²) in [6.45, 7) is 1.55. The first-order valence-corrected chi connectivity index (χ1v) is 7.57. The summed E-state index contributed by atoms with van der Waals surface area (Å²) < 4.78 is 33.9. The van der Waals surface area contributed by atoms with Gasteiger partial charge in [0, 0.05) is 17.5 Å². The Balaban J connectivity index is 2.45. The van der Waals surface area contributed by atoms with Gasteiger partial charge >= 0.3 is 5.97 Å². The van der Waals surface area contributed by atoms with Crippen LogP contribution in [0.5, 0.6) is 0 Å². The molecule has 8 heteroatoms. The highest BCUT2D eigenvalue weighted by Crippen LogP contribution is 2.24. The summed E-state index contributed by atoms with van der Waals surface area (Å²) in [5.74, 6) is -2.14. The highest BCUT2D eigenvalue weighted by atomic mass is 79.9. The number of ether oxygens (including phenoxy) is 1. The fourth-order valence-corrected chi connectivity index (χ4v) is 2.60. The summed E-state index contributed by atoms with van der Waals surface area (Å²) >= 11 is 3.22. The molecule has 1 aromatic heterocycles. The molecular weight excluding hydrogens is 374 g/mol. The summed E-state index contributed by atoms with van der Waals surface area (Å²) in [5, 5.41) is 4.03. The Bertz CT molecular complexity index is 726. The maximum absolute atomic E-state index is 13.8. The van der Waals surface area contributed by atoms with Gasteiger partial charge in [-0.3, -0.25) is 4.68 Å². The molecule has 23 heavy (non-hydrogen) atoms. The topological polar surface area (TPSA) is 61.2 Å². The fraction of sp³-hybridized carbons (Fsp3) is 0.267. The highest BCUT2D eigenvalue weighted by molar-refractivity contribution is 9.10. The largest absolute Gasteiger partial charge is 0.461 e. The zero-order valence-corrected chi connectivity index (χ0v) is 13.8. The van der Waals surface area contributed by atoms with Gasteiger partial charge in [-0.25, -0.2) is 13.6 Å². The molecule has 122 valence electrons. The number of rotatable bonds is 6. The first kappa shape index (κ1) is 17.3. The first-order valence-electron chi connectivity index (χ1n) is 6.78. The normalized spacial score (nSPS) is 10.6. The average molecular weight is 387 g/mol. The maximum Gasteiger partial charge on any atom is 0.359 e. The van der Waals surface area contributed by atoms with Crippen molar-refractivity contribution in [2.75, 3.05) is 6.61 Å². The van der Waals surface area contributed by atoms with Gasteiger partial charge in [-0.1, -0.05) is 6.07 Å². The molecular formula is C15H13BrF2N2O3. The van der Waals surface area contributed by atoms with Gasteiger partial charge in [-0.05, 0) is 35.0 Å². The van der Waals surface area contributed by atoms with Crippen molar-refractivity contribution in [1.82, 2.24) is 9.78 Å². The van der Waals surface area contributed by atoms with Crippen molar-refractivity contribution in [3.63, 3.8) is 0 Å². The number of aldehydes is 1. The molecule has 0 bridgehead atoms. The maximum atomic E-state index is 13.8. The van der Waals surface area contributed by atoms with Gasteiger partial charge in [0.25, 0.3) is 0 Å². The fourth-order valence-electron chi connectivity index (χ4n) is 2.04. The second-order valence-corrected chi connectivity index (χ2v) is 5.32. The number of hydrogen-bond acceptors (Lipinski definition) is 4. The Morgan fingerprint density at radius 2 is 2.00 bits per heavy atom. The minimum atomic E-state index is -0.720. The number of benzene rings is 1. The summed E-state index contributed by atoms with van der Waals surface area (Å²) in [6, 6.07) is 3.52. The smallest absolute Gasteiger partial charge is 0.359 e. The third-order valence-electron chi connectivity index (χ3n) is 3.11. The van der Waals surface area contributed by atoms with Crippen molar-refractivity contribution < 1.29 is 23.1 Å². The highest BCUT2D eigenvalue weighted by Gasteiger charge is 2.23. The molecule has 0 amide bonds. The van der Waals surface area contributed by atoms with Crippen LogP contribution in [0.2, 0.25) is 0 Å². The van der Waals surface area contributed by atoms with Gasteiger partial charge in [0.15, 0.2) is 5.69 Å². The Kier molecular flexibility index (Phi) is 5.59. The standard InChI is InChI=1S/C15H13BrF2N2O3/c1-2-23-15(22)13-9(6-7-21)14(16)20(19-13)8-10-11(17)4-3-5-12(10)18/h3-5,7H,2,6,8H2,1H3. The van der Waals surface area contributed by atoms with Crippen LogP contribution in [0.25, 0.3) is 0 Å². The van der Waals surface area contributed by atoms with E-state index in [1.165, 1.54) is 10.7 Å². The van der Waals surface area contributed by atoms with Crippen molar-refractivity contribution >= 4 is 28.2 Å². The van der Waals surface area contributed by atoms with Crippen LogP contribution in [0.4, 0.5) is 8.78 Å². The number of aromatic nitrogens is 2. The van der Waals surface area contributed by atoms with Gasteiger partial charge in [0.1, 0.15) is 22.5 Å². The van der Waals surface area contributed by atoms with Crippen LogP contribution in [0, 0.1) is 11.6 Å². The van der Waals surface area contributed by atoms with E-state index in [-0.39, 0.29) is 30.8 Å². The molecule has 5 nitrogen and oxygen atoms in total. The van der Waals surface area contributed by atoms with Crippen LogP contribution in [0.3, 0.4) is 0 Å². The van der Waals surface area contributed by atoms with Crippen molar-refractivity contribution in [3.8, 4) is 0 Å². The predicted octanol–water partition coefficient (Wildman–Crippen LogP) is 2.89. The van der Waals surface area contributed by atoms with E-state index >= 15 is 0 Å². The Morgan fingerprint density at radius 3 is 2.57 bits per heavy atom. The van der Waals surface area contributed by atoms with Crippen LogP contribution in [-0.2, 0) is 22.5 Å². The number of halogens is 3. The Morgan fingerprint density at radius 1 is 1.35 bits per heavy atom. The van der Waals surface area contributed by atoms with Gasteiger partial charge < -0.3 is 9.53 Å². The van der Waals surface area contributed by atoms with E-state index in [1.807, 2.05) is 0 Å². The molecule has 0 radical (unpaired) electrons. The molecule has 0 aliphatic heterocycles. The first-order chi connectivity index (χ1) is 11.0. The van der Waals surface area contributed by atoms with Crippen LogP contribution in [0.1, 0.15) is 28.5 Å². The van der Waals surface area contributed by atoms with E-state index in [0.29, 0.717) is 16.5 Å². The lowest BCUT2D eigenvalue weighted by Gasteiger charge is -2.06. The van der Waals surface area contributed by atoms with Crippen molar-refractivity contribution in [1.29, 1.82) is 0 Å². The average Bonchev–Trinajstić information content (AvgIpc) is 2.81. The van der Waals surface area contributed by atoms with E-state index in [4.69, 9.17) is 4.74 Å². The number of carbonyl (C=O) groups excluding carboxylic acids is 2. The van der Waals surface area contributed by atoms with E-state index in [2.05, 4.69) is 21.0 Å². The number of hydrogen-bond donors (Lipinski definition) is 0. The summed E-state index contributed by atoms with van der Waals surface area (Å²) in [6.07, 6.45) is 0.535. The quantitative estimate of drug-likeness (QED) is 0.565. The number of nitrogens with zero attached hydrogens (tertiary/aromatic N) is 2. The van der Waals surface area contributed by atoms with Crippen LogP contribution < -0.4 is 0 Å².